The molecule has 16 heavy (non-hydrogen) atoms. The zero-order valence-electron chi connectivity index (χ0n) is 8.88. The van der Waals surface area contributed by atoms with E-state index in [1.54, 1.807) is 0 Å². The molecule has 0 unspecified atom stereocenters. The van der Waals surface area contributed by atoms with E-state index in [2.05, 4.69) is 0 Å². The molecular formula is C10H11F5Si. The van der Waals surface area contributed by atoms with E-state index in [0.717, 1.165) is 0 Å². The van der Waals surface area contributed by atoms with Gasteiger partial charge in [0, 0.05) is 14.4 Å². The molecule has 0 N–H and O–H groups in total. The van der Waals surface area contributed by atoms with E-state index in [1.807, 2.05) is 13.1 Å². The summed E-state index contributed by atoms with van der Waals surface area (Å²) in [7, 11) is -1.10. The van der Waals surface area contributed by atoms with Crippen LogP contribution in [-0.2, 0) is 6.42 Å². The molecule has 0 bridgehead atoms. The van der Waals surface area contributed by atoms with Crippen LogP contribution in [-0.4, -0.2) is 8.80 Å². The Bertz CT molecular complexity index is 374. The van der Waals surface area contributed by atoms with Crippen LogP contribution in [0.15, 0.2) is 0 Å². The van der Waals surface area contributed by atoms with Gasteiger partial charge in [-0.05, 0) is 6.42 Å². The Labute approximate surface area is 91.7 Å². The van der Waals surface area contributed by atoms with Gasteiger partial charge in [-0.15, -0.1) is 0 Å². The van der Waals surface area contributed by atoms with Crippen LogP contribution in [0.4, 0.5) is 22.0 Å². The molecule has 1 aromatic rings. The molecule has 0 atom stereocenters. The molecule has 0 amide bonds. The maximum absolute atomic E-state index is 13.1. The van der Waals surface area contributed by atoms with E-state index in [9.17, 15) is 22.0 Å². The fraction of sp³-hybridized carbons (Fsp3) is 0.400. The smallest absolute Gasteiger partial charge is 0.200 e. The van der Waals surface area contributed by atoms with Crippen molar-refractivity contribution in [1.82, 2.24) is 0 Å². The molecule has 0 heterocycles. The predicted octanol–water partition coefficient (Wildman–Crippen LogP) is 3.41. The molecule has 0 aliphatic carbocycles. The van der Waals surface area contributed by atoms with Crippen molar-refractivity contribution in [2.24, 2.45) is 0 Å². The maximum atomic E-state index is 13.1. The van der Waals surface area contributed by atoms with Gasteiger partial charge < -0.3 is 0 Å². The van der Waals surface area contributed by atoms with Crippen molar-refractivity contribution in [2.45, 2.75) is 25.6 Å². The third kappa shape index (κ3) is 2.42. The van der Waals surface area contributed by atoms with Crippen molar-refractivity contribution in [3.8, 4) is 0 Å². The number of hydrogen-bond acceptors (Lipinski definition) is 0. The number of halogens is 5. The minimum absolute atomic E-state index is 0.102. The topological polar surface area (TPSA) is 0 Å². The fourth-order valence-electron chi connectivity index (χ4n) is 1.30. The summed E-state index contributed by atoms with van der Waals surface area (Å²) in [4.78, 5) is 0. The number of rotatable bonds is 3. The quantitative estimate of drug-likeness (QED) is 0.335. The molecule has 0 fully saturated rings. The van der Waals surface area contributed by atoms with Crippen LogP contribution < -0.4 is 0 Å². The first-order chi connectivity index (χ1) is 7.36. The lowest BCUT2D eigenvalue weighted by Gasteiger charge is -2.08. The van der Waals surface area contributed by atoms with E-state index >= 15 is 0 Å². The highest BCUT2D eigenvalue weighted by atomic mass is 28.3. The van der Waals surface area contributed by atoms with Gasteiger partial charge in [0.15, 0.2) is 23.3 Å². The largest absolute Gasteiger partial charge is 0.203 e. The highest BCUT2D eigenvalue weighted by Gasteiger charge is 2.25. The SMILES string of the molecule is C[SiH](C)CCc1c(F)c(F)c(F)c(F)c1F. The van der Waals surface area contributed by atoms with Crippen LogP contribution in [0.25, 0.3) is 0 Å². The second-order valence-electron chi connectivity index (χ2n) is 3.98. The van der Waals surface area contributed by atoms with Gasteiger partial charge in [0.05, 0.1) is 0 Å². The molecule has 0 spiro atoms. The van der Waals surface area contributed by atoms with Crippen LogP contribution in [0.1, 0.15) is 5.56 Å². The van der Waals surface area contributed by atoms with Gasteiger partial charge >= 0.3 is 0 Å². The Morgan fingerprint density at radius 1 is 0.750 bits per heavy atom. The van der Waals surface area contributed by atoms with E-state index in [0.29, 0.717) is 6.04 Å². The standard InChI is InChI=1S/C10H11F5Si/c1-16(2)4-3-5-6(11)8(13)10(15)9(14)7(5)12/h16H,3-4H2,1-2H3. The molecule has 0 nitrogen and oxygen atoms in total. The Morgan fingerprint density at radius 3 is 1.50 bits per heavy atom. The zero-order valence-corrected chi connectivity index (χ0v) is 10.0. The van der Waals surface area contributed by atoms with Gasteiger partial charge in [0.1, 0.15) is 0 Å². The third-order valence-electron chi connectivity index (χ3n) is 2.27. The molecule has 0 aromatic heterocycles. The predicted molar refractivity (Wildman–Crippen MR) is 53.6 cm³/mol. The van der Waals surface area contributed by atoms with Crippen molar-refractivity contribution in [2.75, 3.05) is 0 Å². The lowest BCUT2D eigenvalue weighted by molar-refractivity contribution is 0.370. The molecule has 90 valence electrons. The van der Waals surface area contributed by atoms with Crippen molar-refractivity contribution in [3.05, 3.63) is 34.6 Å². The third-order valence-corrected chi connectivity index (χ3v) is 3.72. The number of hydrogen-bond donors (Lipinski definition) is 0. The van der Waals surface area contributed by atoms with Gasteiger partial charge in [0.2, 0.25) is 5.82 Å². The van der Waals surface area contributed by atoms with Crippen LogP contribution >= 0.6 is 0 Å². The second-order valence-corrected chi connectivity index (χ2v) is 7.35. The Morgan fingerprint density at radius 2 is 1.12 bits per heavy atom. The normalized spacial score (nSPS) is 11.2. The molecule has 0 aliphatic rings. The highest BCUT2D eigenvalue weighted by Crippen LogP contribution is 2.24. The molecule has 0 radical (unpaired) electrons. The summed E-state index contributed by atoms with van der Waals surface area (Å²) in [6.07, 6.45) is -0.102. The molecular weight excluding hydrogens is 243 g/mol. The second kappa shape index (κ2) is 4.95. The summed E-state index contributed by atoms with van der Waals surface area (Å²) in [5.74, 6) is -9.23. The van der Waals surface area contributed by atoms with Gasteiger partial charge in [-0.3, -0.25) is 0 Å². The highest BCUT2D eigenvalue weighted by molar-refractivity contribution is 6.55. The minimum Gasteiger partial charge on any atom is -0.203 e. The Hall–Kier alpha value is -0.913. The van der Waals surface area contributed by atoms with Crippen molar-refractivity contribution >= 4 is 8.80 Å². The van der Waals surface area contributed by atoms with Crippen molar-refractivity contribution < 1.29 is 22.0 Å². The lowest BCUT2D eigenvalue weighted by Crippen LogP contribution is -2.10. The van der Waals surface area contributed by atoms with Crippen molar-refractivity contribution in [3.63, 3.8) is 0 Å². The molecule has 1 rings (SSSR count). The summed E-state index contributed by atoms with van der Waals surface area (Å²) in [6.45, 7) is 3.87. The van der Waals surface area contributed by atoms with E-state index in [-0.39, 0.29) is 6.42 Å². The van der Waals surface area contributed by atoms with E-state index in [1.165, 1.54) is 0 Å². The Kier molecular flexibility index (Phi) is 4.07. The zero-order chi connectivity index (χ0) is 12.5. The summed E-state index contributed by atoms with van der Waals surface area (Å²) in [6, 6.07) is 0.498. The average Bonchev–Trinajstić information content (AvgIpc) is 2.23. The maximum Gasteiger partial charge on any atom is 0.200 e. The van der Waals surface area contributed by atoms with Crippen LogP contribution in [0.3, 0.4) is 0 Å². The van der Waals surface area contributed by atoms with Crippen LogP contribution in [0.5, 0.6) is 0 Å². The summed E-state index contributed by atoms with van der Waals surface area (Å²) in [5, 5.41) is 0. The first kappa shape index (κ1) is 13.2. The molecule has 6 heteroatoms. The lowest BCUT2D eigenvalue weighted by atomic mass is 10.1. The molecule has 0 saturated heterocycles. The van der Waals surface area contributed by atoms with Crippen LogP contribution in [0, 0.1) is 29.1 Å². The minimum atomic E-state index is -2.10. The first-order valence-electron chi connectivity index (χ1n) is 4.86. The first-order valence-corrected chi connectivity index (χ1v) is 7.99. The summed E-state index contributed by atoms with van der Waals surface area (Å²) in [5.41, 5.74) is -0.697. The molecule has 0 aliphatic heterocycles. The average molecular weight is 254 g/mol. The summed E-state index contributed by atoms with van der Waals surface area (Å²) < 4.78 is 64.5. The molecule has 0 saturated carbocycles. The van der Waals surface area contributed by atoms with Crippen molar-refractivity contribution in [1.29, 1.82) is 0 Å². The number of benzene rings is 1. The van der Waals surface area contributed by atoms with Gasteiger partial charge in [-0.25, -0.2) is 22.0 Å². The van der Waals surface area contributed by atoms with Gasteiger partial charge in [-0.2, -0.15) is 0 Å². The van der Waals surface area contributed by atoms with E-state index in [4.69, 9.17) is 0 Å². The summed E-state index contributed by atoms with van der Waals surface area (Å²) >= 11 is 0. The van der Waals surface area contributed by atoms with Crippen LogP contribution in [0.2, 0.25) is 19.1 Å². The molecule has 1 aromatic carbocycles. The van der Waals surface area contributed by atoms with Gasteiger partial charge in [-0.1, -0.05) is 19.1 Å². The van der Waals surface area contributed by atoms with E-state index < -0.39 is 43.4 Å². The van der Waals surface area contributed by atoms with Gasteiger partial charge in [0.25, 0.3) is 0 Å². The Balaban J connectivity index is 3.18. The fourth-order valence-corrected chi connectivity index (χ4v) is 2.17. The monoisotopic (exact) mass is 254 g/mol.